The first-order valence-electron chi connectivity index (χ1n) is 7.55. The first-order valence-corrected chi connectivity index (χ1v) is 7.55. The Morgan fingerprint density at radius 3 is 2.44 bits per heavy atom. The highest BCUT2D eigenvalue weighted by Gasteiger charge is 2.32. The SMILES string of the molecule is CCNCC1(c2cccc(C)c2)CCCCCC1. The van der Waals surface area contributed by atoms with E-state index in [-0.39, 0.29) is 0 Å². The van der Waals surface area contributed by atoms with Crippen LogP contribution in [0.5, 0.6) is 0 Å². The van der Waals surface area contributed by atoms with Gasteiger partial charge in [-0.15, -0.1) is 0 Å². The summed E-state index contributed by atoms with van der Waals surface area (Å²) >= 11 is 0. The Balaban J connectivity index is 2.27. The maximum atomic E-state index is 3.60. The minimum Gasteiger partial charge on any atom is -0.316 e. The zero-order chi connectivity index (χ0) is 12.8. The maximum absolute atomic E-state index is 3.60. The average Bonchev–Trinajstić information content (AvgIpc) is 2.63. The van der Waals surface area contributed by atoms with E-state index in [1.165, 1.54) is 44.1 Å². The number of likely N-dealkylation sites (N-methyl/N-ethyl adjacent to an activating group) is 1. The van der Waals surface area contributed by atoms with E-state index in [1.807, 2.05) is 0 Å². The number of aryl methyl sites for hydroxylation is 1. The third kappa shape index (κ3) is 3.14. The molecule has 1 aromatic rings. The van der Waals surface area contributed by atoms with E-state index in [0.29, 0.717) is 5.41 Å². The van der Waals surface area contributed by atoms with Gasteiger partial charge in [-0.25, -0.2) is 0 Å². The van der Waals surface area contributed by atoms with Gasteiger partial charge in [-0.3, -0.25) is 0 Å². The molecule has 0 aliphatic heterocycles. The van der Waals surface area contributed by atoms with Crippen molar-refractivity contribution in [2.24, 2.45) is 0 Å². The molecule has 1 aromatic carbocycles. The van der Waals surface area contributed by atoms with Gasteiger partial charge in [0, 0.05) is 12.0 Å². The van der Waals surface area contributed by atoms with E-state index >= 15 is 0 Å². The molecule has 100 valence electrons. The molecule has 1 heteroatoms. The van der Waals surface area contributed by atoms with Crippen molar-refractivity contribution in [2.45, 2.75) is 57.8 Å². The molecule has 0 saturated heterocycles. The van der Waals surface area contributed by atoms with Crippen molar-refractivity contribution in [3.8, 4) is 0 Å². The van der Waals surface area contributed by atoms with Crippen LogP contribution in [0.4, 0.5) is 0 Å². The van der Waals surface area contributed by atoms with E-state index in [0.717, 1.165) is 13.1 Å². The van der Waals surface area contributed by atoms with Crippen LogP contribution in [0.2, 0.25) is 0 Å². The molecule has 18 heavy (non-hydrogen) atoms. The maximum Gasteiger partial charge on any atom is 0.00778 e. The molecule has 0 amide bonds. The molecule has 1 nitrogen and oxygen atoms in total. The monoisotopic (exact) mass is 245 g/mol. The second-order valence-corrected chi connectivity index (χ2v) is 5.84. The third-order valence-electron chi connectivity index (χ3n) is 4.40. The van der Waals surface area contributed by atoms with Gasteiger partial charge in [0.05, 0.1) is 0 Å². The van der Waals surface area contributed by atoms with E-state index in [4.69, 9.17) is 0 Å². The Hall–Kier alpha value is -0.820. The molecule has 1 saturated carbocycles. The molecule has 0 aromatic heterocycles. The van der Waals surface area contributed by atoms with Crippen LogP contribution in [0, 0.1) is 6.92 Å². The fraction of sp³-hybridized carbons (Fsp3) is 0.647. The van der Waals surface area contributed by atoms with Crippen LogP contribution in [0.3, 0.4) is 0 Å². The molecule has 1 aliphatic carbocycles. The summed E-state index contributed by atoms with van der Waals surface area (Å²) in [4.78, 5) is 0. The Labute approximate surface area is 112 Å². The van der Waals surface area contributed by atoms with Crippen molar-refractivity contribution in [2.75, 3.05) is 13.1 Å². The molecule has 0 atom stereocenters. The van der Waals surface area contributed by atoms with E-state index < -0.39 is 0 Å². The van der Waals surface area contributed by atoms with Gasteiger partial charge in [0.15, 0.2) is 0 Å². The molecule has 0 spiro atoms. The molecule has 0 unspecified atom stereocenters. The largest absolute Gasteiger partial charge is 0.316 e. The lowest BCUT2D eigenvalue weighted by molar-refractivity contribution is 0.350. The molecular formula is C17H27N. The second kappa shape index (κ2) is 6.38. The third-order valence-corrected chi connectivity index (χ3v) is 4.40. The van der Waals surface area contributed by atoms with Gasteiger partial charge in [0.2, 0.25) is 0 Å². The van der Waals surface area contributed by atoms with Gasteiger partial charge < -0.3 is 5.32 Å². The van der Waals surface area contributed by atoms with Crippen LogP contribution in [-0.2, 0) is 5.41 Å². The van der Waals surface area contributed by atoms with Crippen molar-refractivity contribution >= 4 is 0 Å². The zero-order valence-corrected chi connectivity index (χ0v) is 12.0. The normalized spacial score (nSPS) is 19.4. The highest BCUT2D eigenvalue weighted by molar-refractivity contribution is 5.30. The summed E-state index contributed by atoms with van der Waals surface area (Å²) in [6.07, 6.45) is 8.31. The van der Waals surface area contributed by atoms with E-state index in [1.54, 1.807) is 5.56 Å². The lowest BCUT2D eigenvalue weighted by Gasteiger charge is -2.34. The first kappa shape index (κ1) is 13.6. The standard InChI is InChI=1S/C17H27N/c1-3-18-14-17(11-6-4-5-7-12-17)16-10-8-9-15(2)13-16/h8-10,13,18H,3-7,11-12,14H2,1-2H3. The number of hydrogen-bond acceptors (Lipinski definition) is 1. The fourth-order valence-corrected chi connectivity index (χ4v) is 3.31. The van der Waals surface area contributed by atoms with Crippen LogP contribution >= 0.6 is 0 Å². The summed E-state index contributed by atoms with van der Waals surface area (Å²) in [5.41, 5.74) is 3.34. The van der Waals surface area contributed by atoms with Crippen LogP contribution in [0.1, 0.15) is 56.6 Å². The Kier molecular flexibility index (Phi) is 4.82. The predicted molar refractivity (Wildman–Crippen MR) is 79.1 cm³/mol. The molecule has 2 rings (SSSR count). The minimum absolute atomic E-state index is 0.387. The number of hydrogen-bond donors (Lipinski definition) is 1. The molecule has 1 fully saturated rings. The van der Waals surface area contributed by atoms with Gasteiger partial charge in [0.1, 0.15) is 0 Å². The summed E-state index contributed by atoms with van der Waals surface area (Å²) in [5, 5.41) is 3.60. The van der Waals surface area contributed by atoms with Gasteiger partial charge in [-0.1, -0.05) is 62.4 Å². The minimum atomic E-state index is 0.387. The van der Waals surface area contributed by atoms with Gasteiger partial charge in [-0.2, -0.15) is 0 Å². The molecule has 1 aliphatic rings. The topological polar surface area (TPSA) is 12.0 Å². The molecular weight excluding hydrogens is 218 g/mol. The van der Waals surface area contributed by atoms with Crippen LogP contribution in [0.15, 0.2) is 24.3 Å². The summed E-state index contributed by atoms with van der Waals surface area (Å²) in [5.74, 6) is 0. The van der Waals surface area contributed by atoms with E-state index in [9.17, 15) is 0 Å². The Morgan fingerprint density at radius 1 is 1.11 bits per heavy atom. The van der Waals surface area contributed by atoms with Crippen molar-refractivity contribution in [1.82, 2.24) is 5.32 Å². The number of nitrogens with one attached hydrogen (secondary N) is 1. The Bertz CT molecular complexity index is 362. The van der Waals surface area contributed by atoms with Crippen molar-refractivity contribution < 1.29 is 0 Å². The summed E-state index contributed by atoms with van der Waals surface area (Å²) < 4.78 is 0. The number of rotatable bonds is 4. The molecule has 0 radical (unpaired) electrons. The highest BCUT2D eigenvalue weighted by atomic mass is 14.9. The fourth-order valence-electron chi connectivity index (χ4n) is 3.31. The average molecular weight is 245 g/mol. The van der Waals surface area contributed by atoms with Crippen molar-refractivity contribution in [3.63, 3.8) is 0 Å². The summed E-state index contributed by atoms with van der Waals surface area (Å²) in [6.45, 7) is 6.64. The van der Waals surface area contributed by atoms with Crippen LogP contribution in [0.25, 0.3) is 0 Å². The smallest absolute Gasteiger partial charge is 0.00778 e. The lowest BCUT2D eigenvalue weighted by Crippen LogP contribution is -2.38. The van der Waals surface area contributed by atoms with Crippen LogP contribution in [-0.4, -0.2) is 13.1 Å². The zero-order valence-electron chi connectivity index (χ0n) is 12.0. The van der Waals surface area contributed by atoms with Crippen molar-refractivity contribution in [1.29, 1.82) is 0 Å². The quantitative estimate of drug-likeness (QED) is 0.784. The summed E-state index contributed by atoms with van der Waals surface area (Å²) in [7, 11) is 0. The second-order valence-electron chi connectivity index (χ2n) is 5.84. The highest BCUT2D eigenvalue weighted by Crippen LogP contribution is 2.38. The number of benzene rings is 1. The van der Waals surface area contributed by atoms with Gasteiger partial charge in [0.25, 0.3) is 0 Å². The van der Waals surface area contributed by atoms with Gasteiger partial charge >= 0.3 is 0 Å². The molecule has 1 N–H and O–H groups in total. The Morgan fingerprint density at radius 2 is 1.83 bits per heavy atom. The van der Waals surface area contributed by atoms with Crippen molar-refractivity contribution in [3.05, 3.63) is 35.4 Å². The molecule has 0 heterocycles. The lowest BCUT2D eigenvalue weighted by atomic mass is 9.74. The van der Waals surface area contributed by atoms with Crippen LogP contribution < -0.4 is 5.32 Å². The predicted octanol–water partition coefficient (Wildman–Crippen LogP) is 4.20. The summed E-state index contributed by atoms with van der Waals surface area (Å²) in [6, 6.07) is 9.18. The molecule has 0 bridgehead atoms. The first-order chi connectivity index (χ1) is 8.77. The van der Waals surface area contributed by atoms with Gasteiger partial charge in [-0.05, 0) is 31.9 Å². The van der Waals surface area contributed by atoms with E-state index in [2.05, 4.69) is 43.4 Å².